The van der Waals surface area contributed by atoms with E-state index in [0.717, 1.165) is 19.5 Å². The third-order valence-corrected chi connectivity index (χ3v) is 7.22. The summed E-state index contributed by atoms with van der Waals surface area (Å²) in [6.45, 7) is 3.75. The topological polar surface area (TPSA) is 92.9 Å². The molecule has 0 saturated carbocycles. The quantitative estimate of drug-likeness (QED) is 0.597. The van der Waals surface area contributed by atoms with E-state index in [1.54, 1.807) is 0 Å². The van der Waals surface area contributed by atoms with Gasteiger partial charge in [0.2, 0.25) is 10.0 Å². The number of carbonyl (C=O) groups excluding carboxylic acids is 1. The summed E-state index contributed by atoms with van der Waals surface area (Å²) in [5.41, 5.74) is 8.85. The second kappa shape index (κ2) is 6.86. The molecule has 3 aliphatic heterocycles. The molecule has 1 fully saturated rings. The van der Waals surface area contributed by atoms with E-state index in [0.29, 0.717) is 44.2 Å². The molecule has 2 atom stereocenters. The van der Waals surface area contributed by atoms with E-state index in [9.17, 15) is 13.2 Å². The molecule has 0 radical (unpaired) electrons. The number of rotatable bonds is 4. The van der Waals surface area contributed by atoms with Crippen molar-refractivity contribution in [3.05, 3.63) is 41.0 Å². The van der Waals surface area contributed by atoms with E-state index in [1.807, 2.05) is 0 Å². The fourth-order valence-corrected chi connectivity index (χ4v) is 5.40. The Morgan fingerprint density at radius 1 is 1.04 bits per heavy atom. The van der Waals surface area contributed by atoms with Gasteiger partial charge in [0.05, 0.1) is 18.1 Å². The van der Waals surface area contributed by atoms with Crippen LogP contribution in [0.3, 0.4) is 0 Å². The van der Waals surface area contributed by atoms with Gasteiger partial charge in [0, 0.05) is 43.8 Å². The fraction of sp³-hybridized carbons (Fsp3) is 0.500. The van der Waals surface area contributed by atoms with Crippen LogP contribution in [0.15, 0.2) is 40.3 Å². The molecule has 0 amide bonds. The number of nitrogens with zero attached hydrogens (tertiary/aromatic N) is 2. The smallest absolute Gasteiger partial charge is 0.243 e. The van der Waals surface area contributed by atoms with Gasteiger partial charge >= 0.3 is 0 Å². The zero-order chi connectivity index (χ0) is 18.3. The predicted molar refractivity (Wildman–Crippen MR) is 96.4 cm³/mol. The van der Waals surface area contributed by atoms with Crippen molar-refractivity contribution in [3.8, 4) is 0 Å². The zero-order valence-electron chi connectivity index (χ0n) is 14.5. The zero-order valence-corrected chi connectivity index (χ0v) is 15.3. The number of nitrogens with two attached hydrogens (primary N) is 1. The fourth-order valence-electron chi connectivity index (χ4n) is 3.97. The summed E-state index contributed by atoms with van der Waals surface area (Å²) < 4.78 is 32.8. The molecule has 1 aromatic rings. The second-order valence-electron chi connectivity index (χ2n) is 7.26. The highest BCUT2D eigenvalue weighted by molar-refractivity contribution is 7.89. The van der Waals surface area contributed by atoms with E-state index < -0.39 is 10.0 Å². The molecule has 0 spiro atoms. The summed E-state index contributed by atoms with van der Waals surface area (Å²) in [6, 6.07) is 6.45. The number of ether oxygens (including phenoxy) is 1. The first-order valence-corrected chi connectivity index (χ1v) is 10.2. The molecular weight excluding hydrogens is 354 g/mol. The van der Waals surface area contributed by atoms with Gasteiger partial charge in [-0.15, -0.1) is 0 Å². The molecule has 1 aromatic carbocycles. The molecule has 2 N–H and O–H groups in total. The van der Waals surface area contributed by atoms with E-state index in [-0.39, 0.29) is 10.9 Å². The molecule has 0 bridgehead atoms. The van der Waals surface area contributed by atoms with Crippen LogP contribution in [0.4, 0.5) is 0 Å². The minimum Gasteiger partial charge on any atom is -0.378 e. The SMILES string of the molecule is NC1COC[C@H](N2CC3=C(C2)CN(S(=O)(=O)c2ccc(C=O)cc2)C3)C1. The molecule has 0 aliphatic carbocycles. The minimum absolute atomic E-state index is 0.0791. The van der Waals surface area contributed by atoms with Crippen LogP contribution in [0, 0.1) is 0 Å². The molecular formula is C18H23N3O4S. The lowest BCUT2D eigenvalue weighted by Crippen LogP contribution is -2.48. The largest absolute Gasteiger partial charge is 0.378 e. The Kier molecular flexibility index (Phi) is 4.70. The van der Waals surface area contributed by atoms with Gasteiger partial charge in [-0.05, 0) is 29.7 Å². The van der Waals surface area contributed by atoms with Crippen molar-refractivity contribution in [2.75, 3.05) is 39.4 Å². The van der Waals surface area contributed by atoms with Crippen LogP contribution in [0.5, 0.6) is 0 Å². The van der Waals surface area contributed by atoms with Gasteiger partial charge in [-0.3, -0.25) is 9.69 Å². The molecule has 1 unspecified atom stereocenters. The Bertz CT molecular complexity index is 816. The number of aldehydes is 1. The molecule has 3 aliphatic rings. The maximum absolute atomic E-state index is 12.9. The maximum Gasteiger partial charge on any atom is 0.243 e. The van der Waals surface area contributed by atoms with Crippen LogP contribution in [0.2, 0.25) is 0 Å². The molecule has 8 heteroatoms. The van der Waals surface area contributed by atoms with Crippen LogP contribution in [-0.2, 0) is 14.8 Å². The Hall–Kier alpha value is -1.58. The minimum atomic E-state index is -3.54. The van der Waals surface area contributed by atoms with E-state index in [1.165, 1.54) is 39.7 Å². The molecule has 26 heavy (non-hydrogen) atoms. The van der Waals surface area contributed by atoms with E-state index in [2.05, 4.69) is 4.90 Å². The highest BCUT2D eigenvalue weighted by Crippen LogP contribution is 2.31. The van der Waals surface area contributed by atoms with Gasteiger partial charge in [-0.2, -0.15) is 4.31 Å². The third-order valence-electron chi connectivity index (χ3n) is 5.41. The van der Waals surface area contributed by atoms with Gasteiger partial charge in [0.15, 0.2) is 0 Å². The summed E-state index contributed by atoms with van der Waals surface area (Å²) in [5.74, 6) is 0. The first-order chi connectivity index (χ1) is 12.5. The summed E-state index contributed by atoms with van der Waals surface area (Å²) in [4.78, 5) is 13.3. The number of hydrogen-bond donors (Lipinski definition) is 1. The van der Waals surface area contributed by atoms with Crippen molar-refractivity contribution >= 4 is 16.3 Å². The van der Waals surface area contributed by atoms with Gasteiger partial charge < -0.3 is 10.5 Å². The first-order valence-electron chi connectivity index (χ1n) is 8.80. The molecule has 4 rings (SSSR count). The normalized spacial score (nSPS) is 27.7. The van der Waals surface area contributed by atoms with Gasteiger partial charge in [-0.25, -0.2) is 8.42 Å². The third kappa shape index (κ3) is 3.23. The van der Waals surface area contributed by atoms with Crippen LogP contribution in [0.1, 0.15) is 16.8 Å². The Morgan fingerprint density at radius 3 is 2.27 bits per heavy atom. The monoisotopic (exact) mass is 377 g/mol. The lowest BCUT2D eigenvalue weighted by molar-refractivity contribution is 0.0156. The molecule has 3 heterocycles. The maximum atomic E-state index is 12.9. The standard InChI is InChI=1S/C18H23N3O4S/c19-16-5-17(12-25-11-16)20-6-14-8-21(9-15(14)7-20)26(23,24)18-3-1-13(10-22)2-4-18/h1-4,10,16-17H,5-9,11-12,19H2/t16?,17-/m1/s1. The van der Waals surface area contributed by atoms with Crippen molar-refractivity contribution in [1.82, 2.24) is 9.21 Å². The number of carbonyl (C=O) groups is 1. The van der Waals surface area contributed by atoms with E-state index in [4.69, 9.17) is 10.5 Å². The van der Waals surface area contributed by atoms with Crippen LogP contribution in [0.25, 0.3) is 0 Å². The van der Waals surface area contributed by atoms with Crippen LogP contribution in [-0.4, -0.2) is 75.4 Å². The number of hydrogen-bond acceptors (Lipinski definition) is 6. The molecule has 7 nitrogen and oxygen atoms in total. The lowest BCUT2D eigenvalue weighted by atomic mass is 10.1. The summed E-state index contributed by atoms with van der Waals surface area (Å²) in [5, 5.41) is 0. The van der Waals surface area contributed by atoms with Crippen molar-refractivity contribution in [2.24, 2.45) is 5.73 Å². The molecule has 1 saturated heterocycles. The predicted octanol–water partition coefficient (Wildman–Crippen LogP) is 0.232. The summed E-state index contributed by atoms with van der Waals surface area (Å²) in [6.07, 6.45) is 1.63. The van der Waals surface area contributed by atoms with Crippen molar-refractivity contribution in [1.29, 1.82) is 0 Å². The average Bonchev–Trinajstić information content (AvgIpc) is 3.21. The molecule has 0 aromatic heterocycles. The van der Waals surface area contributed by atoms with Crippen molar-refractivity contribution < 1.29 is 17.9 Å². The van der Waals surface area contributed by atoms with Crippen molar-refractivity contribution in [2.45, 2.75) is 23.4 Å². The van der Waals surface area contributed by atoms with Gasteiger partial charge in [0.25, 0.3) is 0 Å². The lowest BCUT2D eigenvalue weighted by Gasteiger charge is -2.35. The average molecular weight is 377 g/mol. The van der Waals surface area contributed by atoms with E-state index >= 15 is 0 Å². The Balaban J connectivity index is 1.42. The highest BCUT2D eigenvalue weighted by atomic mass is 32.2. The van der Waals surface area contributed by atoms with Crippen LogP contribution < -0.4 is 5.73 Å². The highest BCUT2D eigenvalue weighted by Gasteiger charge is 2.38. The number of benzene rings is 1. The second-order valence-corrected chi connectivity index (χ2v) is 9.20. The first kappa shape index (κ1) is 17.8. The van der Waals surface area contributed by atoms with Gasteiger partial charge in [0.1, 0.15) is 6.29 Å². The van der Waals surface area contributed by atoms with Crippen molar-refractivity contribution in [3.63, 3.8) is 0 Å². The summed E-state index contributed by atoms with van der Waals surface area (Å²) in [7, 11) is -3.54. The van der Waals surface area contributed by atoms with Crippen LogP contribution >= 0.6 is 0 Å². The van der Waals surface area contributed by atoms with Gasteiger partial charge in [-0.1, -0.05) is 12.1 Å². The number of sulfonamides is 1. The molecule has 140 valence electrons. The Morgan fingerprint density at radius 2 is 1.69 bits per heavy atom. The Labute approximate surface area is 153 Å². The summed E-state index contributed by atoms with van der Waals surface area (Å²) >= 11 is 0.